The molecule has 2 unspecified atom stereocenters. The first-order valence-electron chi connectivity index (χ1n) is 6.37. The minimum absolute atomic E-state index is 0.123. The van der Waals surface area contributed by atoms with Gasteiger partial charge in [-0.3, -0.25) is 9.69 Å². The van der Waals surface area contributed by atoms with Crippen LogP contribution in [-0.4, -0.2) is 44.8 Å². The second kappa shape index (κ2) is 4.94. The largest absolute Gasteiger partial charge is 0.480 e. The van der Waals surface area contributed by atoms with E-state index < -0.39 is 18.1 Å². The number of carboxylic acids is 1. The van der Waals surface area contributed by atoms with Gasteiger partial charge in [-0.05, 0) is 0 Å². The molecular formula is C13H20N2O4. The van der Waals surface area contributed by atoms with Crippen molar-refractivity contribution >= 4 is 5.97 Å². The molecule has 1 saturated heterocycles. The molecule has 2 rings (SSSR count). The molecule has 106 valence electrons. The lowest BCUT2D eigenvalue weighted by Gasteiger charge is -2.19. The topological polar surface area (TPSA) is 86.8 Å². The van der Waals surface area contributed by atoms with Crippen LogP contribution in [0.15, 0.2) is 10.6 Å². The number of nitrogens with zero attached hydrogens (tertiary/aromatic N) is 2. The van der Waals surface area contributed by atoms with E-state index in [0.29, 0.717) is 19.0 Å². The lowest BCUT2D eigenvalue weighted by molar-refractivity contribution is -0.142. The molecule has 0 bridgehead atoms. The van der Waals surface area contributed by atoms with E-state index in [1.165, 1.54) is 0 Å². The summed E-state index contributed by atoms with van der Waals surface area (Å²) in [5, 5.41) is 18.7. The fourth-order valence-electron chi connectivity index (χ4n) is 2.21. The number of hydrogen-bond donors (Lipinski definition) is 2. The molecule has 2 heterocycles. The molecule has 1 aromatic heterocycles. The van der Waals surface area contributed by atoms with Gasteiger partial charge >= 0.3 is 5.97 Å². The molecule has 0 amide bonds. The summed E-state index contributed by atoms with van der Waals surface area (Å²) in [7, 11) is 0. The maximum atomic E-state index is 11.1. The van der Waals surface area contributed by atoms with Crippen LogP contribution in [0.5, 0.6) is 0 Å². The van der Waals surface area contributed by atoms with Crippen LogP contribution in [0, 0.1) is 0 Å². The van der Waals surface area contributed by atoms with Crippen LogP contribution in [0.25, 0.3) is 0 Å². The van der Waals surface area contributed by atoms with E-state index in [0.717, 1.165) is 5.76 Å². The Morgan fingerprint density at radius 1 is 1.58 bits per heavy atom. The fourth-order valence-corrected chi connectivity index (χ4v) is 2.21. The van der Waals surface area contributed by atoms with Crippen LogP contribution in [0.2, 0.25) is 0 Å². The molecule has 0 aliphatic carbocycles. The van der Waals surface area contributed by atoms with Crippen molar-refractivity contribution in [3.05, 3.63) is 17.8 Å². The Hall–Kier alpha value is -1.40. The normalized spacial score (nSPS) is 24.8. The fraction of sp³-hybridized carbons (Fsp3) is 0.692. The summed E-state index contributed by atoms with van der Waals surface area (Å²) in [5.41, 5.74) is -0.123. The van der Waals surface area contributed by atoms with Crippen LogP contribution in [0.1, 0.15) is 38.8 Å². The highest BCUT2D eigenvalue weighted by molar-refractivity contribution is 5.74. The average Bonchev–Trinajstić information content (AvgIpc) is 2.85. The highest BCUT2D eigenvalue weighted by Gasteiger charge is 2.36. The number of aromatic nitrogens is 1. The second-order valence-electron chi connectivity index (χ2n) is 6.04. The number of likely N-dealkylation sites (tertiary alicyclic amines) is 1. The minimum Gasteiger partial charge on any atom is -0.480 e. The highest BCUT2D eigenvalue weighted by atomic mass is 16.4. The molecule has 1 aromatic rings. The SMILES string of the molecule is CC(C)(C)c1cnc(CN2CC(O)CC2C(=O)O)o1. The molecule has 0 saturated carbocycles. The van der Waals surface area contributed by atoms with Crippen molar-refractivity contribution in [1.29, 1.82) is 0 Å². The van der Waals surface area contributed by atoms with Gasteiger partial charge in [0.2, 0.25) is 5.89 Å². The van der Waals surface area contributed by atoms with E-state index in [1.54, 1.807) is 11.1 Å². The van der Waals surface area contributed by atoms with E-state index in [1.807, 2.05) is 20.8 Å². The van der Waals surface area contributed by atoms with Crippen molar-refractivity contribution < 1.29 is 19.4 Å². The lowest BCUT2D eigenvalue weighted by Crippen LogP contribution is -2.35. The monoisotopic (exact) mass is 268 g/mol. The Bertz CT molecular complexity index is 463. The zero-order valence-electron chi connectivity index (χ0n) is 11.5. The molecule has 1 aliphatic heterocycles. The van der Waals surface area contributed by atoms with Gasteiger partial charge in [-0.15, -0.1) is 0 Å². The number of β-amino-alcohol motifs (C(OH)–C–C–N with tert-alkyl or cyclic N) is 1. The molecule has 6 nitrogen and oxygen atoms in total. The van der Waals surface area contributed by atoms with Crippen molar-refractivity contribution in [1.82, 2.24) is 9.88 Å². The summed E-state index contributed by atoms with van der Waals surface area (Å²) in [4.78, 5) is 17.0. The van der Waals surface area contributed by atoms with Crippen LogP contribution < -0.4 is 0 Å². The number of carbonyl (C=O) groups is 1. The number of aliphatic carboxylic acids is 1. The number of aliphatic hydroxyl groups is 1. The van der Waals surface area contributed by atoms with E-state index in [9.17, 15) is 9.90 Å². The Morgan fingerprint density at radius 2 is 2.26 bits per heavy atom. The van der Waals surface area contributed by atoms with E-state index >= 15 is 0 Å². The molecule has 0 aromatic carbocycles. The van der Waals surface area contributed by atoms with Gasteiger partial charge in [0.25, 0.3) is 0 Å². The zero-order chi connectivity index (χ0) is 14.2. The van der Waals surface area contributed by atoms with Gasteiger partial charge in [0.15, 0.2) is 0 Å². The molecule has 6 heteroatoms. The molecule has 2 atom stereocenters. The first-order valence-corrected chi connectivity index (χ1v) is 6.37. The summed E-state index contributed by atoms with van der Waals surface area (Å²) in [6.45, 7) is 6.72. The van der Waals surface area contributed by atoms with Crippen molar-refractivity contribution in [2.24, 2.45) is 0 Å². The number of carboxylic acid groups (broad SMARTS) is 1. The number of aliphatic hydroxyl groups excluding tert-OH is 1. The van der Waals surface area contributed by atoms with Gasteiger partial charge in [-0.1, -0.05) is 20.8 Å². The molecule has 19 heavy (non-hydrogen) atoms. The van der Waals surface area contributed by atoms with Crippen LogP contribution in [0.4, 0.5) is 0 Å². The summed E-state index contributed by atoms with van der Waals surface area (Å²) in [6, 6.07) is -0.667. The third-order valence-electron chi connectivity index (χ3n) is 3.30. The molecule has 1 aliphatic rings. The summed E-state index contributed by atoms with van der Waals surface area (Å²) >= 11 is 0. The first kappa shape index (κ1) is 14.0. The third-order valence-corrected chi connectivity index (χ3v) is 3.30. The standard InChI is InChI=1S/C13H20N2O4/c1-13(2,3)10-5-14-11(19-10)7-15-6-8(16)4-9(15)12(17)18/h5,8-9,16H,4,6-7H2,1-3H3,(H,17,18). The van der Waals surface area contributed by atoms with Gasteiger partial charge in [0.05, 0.1) is 18.8 Å². The van der Waals surface area contributed by atoms with Gasteiger partial charge < -0.3 is 14.6 Å². The molecule has 0 radical (unpaired) electrons. The maximum Gasteiger partial charge on any atom is 0.321 e. The Morgan fingerprint density at radius 3 is 2.79 bits per heavy atom. The molecule has 0 spiro atoms. The first-order chi connectivity index (χ1) is 8.77. The van der Waals surface area contributed by atoms with Crippen molar-refractivity contribution in [3.63, 3.8) is 0 Å². The molecular weight excluding hydrogens is 248 g/mol. The van der Waals surface area contributed by atoms with Crippen LogP contribution >= 0.6 is 0 Å². The second-order valence-corrected chi connectivity index (χ2v) is 6.04. The van der Waals surface area contributed by atoms with E-state index in [4.69, 9.17) is 9.52 Å². The third kappa shape index (κ3) is 3.13. The number of oxazole rings is 1. The van der Waals surface area contributed by atoms with Crippen molar-refractivity contribution in [2.75, 3.05) is 6.54 Å². The quantitative estimate of drug-likeness (QED) is 0.850. The summed E-state index contributed by atoms with van der Waals surface area (Å²) in [5.74, 6) is 0.346. The van der Waals surface area contributed by atoms with E-state index in [2.05, 4.69) is 4.98 Å². The van der Waals surface area contributed by atoms with Crippen LogP contribution in [0.3, 0.4) is 0 Å². The van der Waals surface area contributed by atoms with Gasteiger partial charge in [-0.2, -0.15) is 0 Å². The van der Waals surface area contributed by atoms with Crippen molar-refractivity contribution in [3.8, 4) is 0 Å². The Labute approximate surface area is 112 Å². The predicted molar refractivity (Wildman–Crippen MR) is 67.7 cm³/mol. The average molecular weight is 268 g/mol. The Balaban J connectivity index is 2.08. The zero-order valence-corrected chi connectivity index (χ0v) is 11.5. The maximum absolute atomic E-state index is 11.1. The smallest absolute Gasteiger partial charge is 0.321 e. The molecule has 2 N–H and O–H groups in total. The lowest BCUT2D eigenvalue weighted by atomic mass is 9.94. The Kier molecular flexibility index (Phi) is 3.64. The van der Waals surface area contributed by atoms with Gasteiger partial charge in [0, 0.05) is 18.4 Å². The van der Waals surface area contributed by atoms with Crippen molar-refractivity contribution in [2.45, 2.75) is 51.3 Å². The summed E-state index contributed by atoms with van der Waals surface area (Å²) < 4.78 is 5.65. The minimum atomic E-state index is -0.917. The van der Waals surface area contributed by atoms with Gasteiger partial charge in [-0.25, -0.2) is 4.98 Å². The van der Waals surface area contributed by atoms with Crippen LogP contribution in [-0.2, 0) is 16.8 Å². The summed E-state index contributed by atoms with van der Waals surface area (Å²) in [6.07, 6.45) is 1.33. The highest BCUT2D eigenvalue weighted by Crippen LogP contribution is 2.25. The number of hydrogen-bond acceptors (Lipinski definition) is 5. The van der Waals surface area contributed by atoms with E-state index in [-0.39, 0.29) is 11.8 Å². The van der Waals surface area contributed by atoms with Gasteiger partial charge in [0.1, 0.15) is 11.8 Å². The predicted octanol–water partition coefficient (Wildman–Crippen LogP) is 0.992. The molecule has 1 fully saturated rings. The number of rotatable bonds is 3.